The van der Waals surface area contributed by atoms with Crippen molar-refractivity contribution in [1.29, 1.82) is 0 Å². The highest BCUT2D eigenvalue weighted by atomic mass is 79.9. The number of hydrogen-bond acceptors (Lipinski definition) is 4. The lowest BCUT2D eigenvalue weighted by Gasteiger charge is -2.14. The van der Waals surface area contributed by atoms with Crippen LogP contribution in [0.4, 0.5) is 0 Å². The number of hydrogen-bond donors (Lipinski definition) is 0. The van der Waals surface area contributed by atoms with E-state index in [-0.39, 0.29) is 4.32 Å². The fourth-order valence-electron chi connectivity index (χ4n) is 0.626. The summed E-state index contributed by atoms with van der Waals surface area (Å²) >= 11 is 3.35. The monoisotopic (exact) mass is 247 g/mol. The second-order valence-electron chi connectivity index (χ2n) is 3.21. The number of ether oxygens (including phenoxy) is 1. The molecule has 0 aliphatic heterocycles. The van der Waals surface area contributed by atoms with E-state index in [1.165, 1.54) is 12.5 Å². The fourth-order valence-corrected chi connectivity index (χ4v) is 0.741. The molecule has 0 spiro atoms. The molecule has 5 heteroatoms. The minimum absolute atomic E-state index is 0.209. The van der Waals surface area contributed by atoms with Crippen LogP contribution in [0.2, 0.25) is 0 Å². The Labute approximate surface area is 84.4 Å². The van der Waals surface area contributed by atoms with Crippen molar-refractivity contribution in [3.05, 3.63) is 18.0 Å². The molecule has 1 aromatic rings. The van der Waals surface area contributed by atoms with Gasteiger partial charge in [-0.3, -0.25) is 0 Å². The average molecular weight is 248 g/mol. The third-order valence-electron chi connectivity index (χ3n) is 1.21. The molecule has 0 bridgehead atoms. The zero-order chi connectivity index (χ0) is 9.90. The zero-order valence-electron chi connectivity index (χ0n) is 7.41. The molecule has 0 aromatic carbocycles. The number of carbonyl (C=O) groups is 1. The number of aromatic nitrogens is 1. The van der Waals surface area contributed by atoms with Gasteiger partial charge in [0.05, 0.1) is 10.5 Å². The highest BCUT2D eigenvalue weighted by Gasteiger charge is 2.17. The molecule has 0 saturated carbocycles. The number of rotatable bonds is 3. The molecular weight excluding hydrogens is 238 g/mol. The molecule has 1 aromatic heterocycles. The first-order chi connectivity index (χ1) is 5.99. The summed E-state index contributed by atoms with van der Waals surface area (Å²) in [5.41, 5.74) is 0.330. The largest absolute Gasteiger partial charge is 0.461 e. The highest BCUT2D eigenvalue weighted by Crippen LogP contribution is 2.16. The molecule has 1 heterocycles. The minimum Gasteiger partial charge on any atom is -0.461 e. The summed E-state index contributed by atoms with van der Waals surface area (Å²) in [6, 6.07) is 0. The van der Waals surface area contributed by atoms with Crippen LogP contribution in [0.3, 0.4) is 0 Å². The van der Waals surface area contributed by atoms with Crippen molar-refractivity contribution < 1.29 is 14.1 Å². The maximum absolute atomic E-state index is 11.2. The molecule has 13 heavy (non-hydrogen) atoms. The van der Waals surface area contributed by atoms with E-state index in [4.69, 9.17) is 4.74 Å². The summed E-state index contributed by atoms with van der Waals surface area (Å²) in [7, 11) is 0. The third kappa shape index (κ3) is 3.59. The number of halogens is 1. The van der Waals surface area contributed by atoms with Gasteiger partial charge in [-0.25, -0.2) is 4.79 Å². The van der Waals surface area contributed by atoms with Crippen molar-refractivity contribution >= 4 is 21.9 Å². The molecular formula is C8H10BrNO3. The van der Waals surface area contributed by atoms with E-state index in [1.807, 2.05) is 13.8 Å². The Morgan fingerprint density at radius 3 is 2.92 bits per heavy atom. The van der Waals surface area contributed by atoms with Crippen LogP contribution in [-0.4, -0.2) is 22.1 Å². The lowest BCUT2D eigenvalue weighted by molar-refractivity contribution is 0.0480. The van der Waals surface area contributed by atoms with E-state index in [0.717, 1.165) is 0 Å². The van der Waals surface area contributed by atoms with Gasteiger partial charge in [-0.2, -0.15) is 0 Å². The van der Waals surface area contributed by atoms with Crippen molar-refractivity contribution in [1.82, 2.24) is 5.16 Å². The lowest BCUT2D eigenvalue weighted by atomic mass is 10.2. The number of alkyl halides is 1. The van der Waals surface area contributed by atoms with E-state index in [9.17, 15) is 4.79 Å². The minimum atomic E-state index is -0.422. The standard InChI is InChI=1S/C8H10BrNO3/c1-8(2,9)5-12-7(11)6-3-10-13-4-6/h3-4H,5H2,1-2H3. The van der Waals surface area contributed by atoms with Crippen LogP contribution in [-0.2, 0) is 4.74 Å². The van der Waals surface area contributed by atoms with Crippen LogP contribution in [0.15, 0.2) is 17.0 Å². The van der Waals surface area contributed by atoms with Gasteiger partial charge in [0.2, 0.25) is 0 Å². The Morgan fingerprint density at radius 2 is 2.46 bits per heavy atom. The van der Waals surface area contributed by atoms with Gasteiger partial charge in [0, 0.05) is 0 Å². The zero-order valence-corrected chi connectivity index (χ0v) is 9.00. The van der Waals surface area contributed by atoms with Gasteiger partial charge in [-0.05, 0) is 13.8 Å². The predicted molar refractivity (Wildman–Crippen MR) is 49.8 cm³/mol. The quantitative estimate of drug-likeness (QED) is 0.606. The average Bonchev–Trinajstić information content (AvgIpc) is 2.50. The number of carbonyl (C=O) groups excluding carboxylic acids is 1. The molecule has 0 aliphatic rings. The van der Waals surface area contributed by atoms with Crippen molar-refractivity contribution in [2.45, 2.75) is 18.2 Å². The van der Waals surface area contributed by atoms with Gasteiger partial charge in [0.25, 0.3) is 0 Å². The Bertz CT molecular complexity index is 276. The molecule has 0 unspecified atom stereocenters. The normalized spacial score (nSPS) is 11.3. The molecule has 4 nitrogen and oxygen atoms in total. The fraction of sp³-hybridized carbons (Fsp3) is 0.500. The summed E-state index contributed by atoms with van der Waals surface area (Å²) < 4.78 is 9.26. The summed E-state index contributed by atoms with van der Waals surface area (Å²) in [5, 5.41) is 3.40. The first-order valence-corrected chi connectivity index (χ1v) is 4.54. The molecule has 0 saturated heterocycles. The molecule has 1 rings (SSSR count). The van der Waals surface area contributed by atoms with Gasteiger partial charge in [-0.1, -0.05) is 21.1 Å². The van der Waals surface area contributed by atoms with Crippen molar-refractivity contribution in [3.8, 4) is 0 Å². The SMILES string of the molecule is CC(C)(Br)COC(=O)c1cnoc1. The lowest BCUT2D eigenvalue weighted by Crippen LogP contribution is -2.21. The topological polar surface area (TPSA) is 52.3 Å². The van der Waals surface area contributed by atoms with E-state index >= 15 is 0 Å². The van der Waals surface area contributed by atoms with E-state index in [1.54, 1.807) is 0 Å². The van der Waals surface area contributed by atoms with Gasteiger partial charge < -0.3 is 9.26 Å². The van der Waals surface area contributed by atoms with Crippen molar-refractivity contribution in [3.63, 3.8) is 0 Å². The Balaban J connectivity index is 2.44. The van der Waals surface area contributed by atoms with E-state index in [0.29, 0.717) is 12.2 Å². The maximum atomic E-state index is 11.2. The predicted octanol–water partition coefficient (Wildman–Crippen LogP) is 2.00. The van der Waals surface area contributed by atoms with Crippen LogP contribution in [0.5, 0.6) is 0 Å². The number of esters is 1. The van der Waals surface area contributed by atoms with Gasteiger partial charge in [0.1, 0.15) is 18.4 Å². The smallest absolute Gasteiger partial charge is 0.343 e. The molecule has 0 N–H and O–H groups in total. The van der Waals surface area contributed by atoms with Crippen LogP contribution in [0.25, 0.3) is 0 Å². The summed E-state index contributed by atoms with van der Waals surface area (Å²) in [6.45, 7) is 4.12. The first-order valence-electron chi connectivity index (χ1n) is 3.74. The summed E-state index contributed by atoms with van der Waals surface area (Å²) in [5.74, 6) is -0.422. The maximum Gasteiger partial charge on any atom is 0.343 e. The first kappa shape index (κ1) is 10.2. The van der Waals surface area contributed by atoms with Crippen molar-refractivity contribution in [2.24, 2.45) is 0 Å². The van der Waals surface area contributed by atoms with E-state index < -0.39 is 5.97 Å². The molecule has 0 amide bonds. The van der Waals surface area contributed by atoms with E-state index in [2.05, 4.69) is 25.6 Å². The molecule has 0 fully saturated rings. The van der Waals surface area contributed by atoms with Crippen LogP contribution >= 0.6 is 15.9 Å². The highest BCUT2D eigenvalue weighted by molar-refractivity contribution is 9.10. The Hall–Kier alpha value is -0.840. The van der Waals surface area contributed by atoms with Gasteiger partial charge in [-0.15, -0.1) is 0 Å². The van der Waals surface area contributed by atoms with Gasteiger partial charge in [0.15, 0.2) is 0 Å². The number of nitrogens with zero attached hydrogens (tertiary/aromatic N) is 1. The van der Waals surface area contributed by atoms with Gasteiger partial charge >= 0.3 is 5.97 Å². The summed E-state index contributed by atoms with van der Waals surface area (Å²) in [6.07, 6.45) is 2.58. The Morgan fingerprint density at radius 1 is 1.77 bits per heavy atom. The third-order valence-corrected chi connectivity index (χ3v) is 1.44. The molecule has 0 aliphatic carbocycles. The molecule has 72 valence electrons. The van der Waals surface area contributed by atoms with Crippen molar-refractivity contribution in [2.75, 3.05) is 6.61 Å². The van der Waals surface area contributed by atoms with Crippen LogP contribution in [0.1, 0.15) is 24.2 Å². The van der Waals surface area contributed by atoms with Crippen LogP contribution in [0, 0.1) is 0 Å². The second-order valence-corrected chi connectivity index (χ2v) is 5.35. The second kappa shape index (κ2) is 3.91. The van der Waals surface area contributed by atoms with Crippen LogP contribution < -0.4 is 0 Å². The molecule has 0 radical (unpaired) electrons. The summed E-state index contributed by atoms with van der Waals surface area (Å²) in [4.78, 5) is 11.2. The Kier molecular flexibility index (Phi) is 3.08. The molecule has 0 atom stereocenters.